The van der Waals surface area contributed by atoms with Crippen molar-refractivity contribution < 1.29 is 19.4 Å². The van der Waals surface area contributed by atoms with E-state index in [0.29, 0.717) is 18.8 Å². The maximum absolute atomic E-state index is 12.3. The van der Waals surface area contributed by atoms with Crippen molar-refractivity contribution in [1.29, 1.82) is 0 Å². The van der Waals surface area contributed by atoms with Crippen LogP contribution >= 0.6 is 0 Å². The lowest BCUT2D eigenvalue weighted by atomic mass is 9.64. The summed E-state index contributed by atoms with van der Waals surface area (Å²) in [7, 11) is 0. The van der Waals surface area contributed by atoms with Crippen molar-refractivity contribution in [1.82, 2.24) is 0 Å². The summed E-state index contributed by atoms with van der Waals surface area (Å²) in [6, 6.07) is 0. The van der Waals surface area contributed by atoms with Gasteiger partial charge in [0.2, 0.25) is 0 Å². The Labute approximate surface area is 121 Å². The molecule has 0 bridgehead atoms. The summed E-state index contributed by atoms with van der Waals surface area (Å²) in [6.07, 6.45) is 2.27. The van der Waals surface area contributed by atoms with Gasteiger partial charge < -0.3 is 9.84 Å². The fourth-order valence-corrected chi connectivity index (χ4v) is 2.86. The Hall–Kier alpha value is -1.06. The summed E-state index contributed by atoms with van der Waals surface area (Å²) in [5.74, 6) is -1.17. The molecule has 4 heteroatoms. The number of hydrogen-bond acceptors (Lipinski definition) is 3. The molecule has 20 heavy (non-hydrogen) atoms. The molecule has 0 heterocycles. The van der Waals surface area contributed by atoms with Crippen LogP contribution in [0.2, 0.25) is 0 Å². The van der Waals surface area contributed by atoms with Crippen LogP contribution in [0.25, 0.3) is 0 Å². The van der Waals surface area contributed by atoms with Gasteiger partial charge in [-0.15, -0.1) is 0 Å². The molecule has 1 N–H and O–H groups in total. The van der Waals surface area contributed by atoms with Crippen LogP contribution in [0.4, 0.5) is 0 Å². The van der Waals surface area contributed by atoms with E-state index in [2.05, 4.69) is 20.8 Å². The summed E-state index contributed by atoms with van der Waals surface area (Å²) >= 11 is 0. The zero-order valence-corrected chi connectivity index (χ0v) is 13.6. The molecule has 1 fully saturated rings. The van der Waals surface area contributed by atoms with Crippen LogP contribution in [0, 0.1) is 16.7 Å². The van der Waals surface area contributed by atoms with Crippen LogP contribution in [0.1, 0.15) is 67.2 Å². The Morgan fingerprint density at radius 2 is 1.50 bits per heavy atom. The standard InChI is InChI=1S/C16H28O4/c1-14(2,3)11-7-9-16(10-8-11,12(17)18)13(19)20-15(4,5)6/h11H,7-10H2,1-6H3,(H,17,18). The van der Waals surface area contributed by atoms with E-state index in [9.17, 15) is 14.7 Å². The summed E-state index contributed by atoms with van der Waals surface area (Å²) in [4.78, 5) is 24.0. The highest BCUT2D eigenvalue weighted by Gasteiger charge is 2.51. The monoisotopic (exact) mass is 284 g/mol. The van der Waals surface area contributed by atoms with Gasteiger partial charge in [-0.1, -0.05) is 20.8 Å². The normalized spacial score (nSPS) is 28.0. The van der Waals surface area contributed by atoms with Gasteiger partial charge in [-0.05, 0) is 57.8 Å². The number of rotatable bonds is 2. The fourth-order valence-electron chi connectivity index (χ4n) is 2.86. The first-order valence-corrected chi connectivity index (χ1v) is 7.35. The predicted molar refractivity (Wildman–Crippen MR) is 77.3 cm³/mol. The van der Waals surface area contributed by atoms with E-state index in [4.69, 9.17) is 4.74 Å². The highest BCUT2D eigenvalue weighted by Crippen LogP contribution is 2.46. The third-order valence-corrected chi connectivity index (χ3v) is 4.26. The number of carboxylic acid groups (broad SMARTS) is 1. The second-order valence-corrected chi connectivity index (χ2v) is 8.03. The molecule has 0 aromatic rings. The van der Waals surface area contributed by atoms with Crippen LogP contribution in [0.15, 0.2) is 0 Å². The average Bonchev–Trinajstić information content (AvgIpc) is 2.25. The van der Waals surface area contributed by atoms with Crippen LogP contribution in [0.3, 0.4) is 0 Å². The minimum absolute atomic E-state index is 0.151. The molecular formula is C16H28O4. The summed E-state index contributed by atoms with van der Waals surface area (Å²) in [6.45, 7) is 11.8. The number of ether oxygens (including phenoxy) is 1. The van der Waals surface area contributed by atoms with Crippen molar-refractivity contribution in [2.45, 2.75) is 72.8 Å². The van der Waals surface area contributed by atoms with E-state index < -0.39 is 23.0 Å². The van der Waals surface area contributed by atoms with Gasteiger partial charge in [0.25, 0.3) is 0 Å². The summed E-state index contributed by atoms with van der Waals surface area (Å²) in [5, 5.41) is 9.54. The van der Waals surface area contributed by atoms with Gasteiger partial charge in [0.1, 0.15) is 5.60 Å². The Kier molecular flexibility index (Phi) is 4.57. The van der Waals surface area contributed by atoms with Gasteiger partial charge in [-0.3, -0.25) is 9.59 Å². The summed E-state index contributed by atoms with van der Waals surface area (Å²) in [5.41, 5.74) is -1.85. The first-order valence-electron chi connectivity index (χ1n) is 7.35. The Bertz CT molecular complexity index is 376. The minimum Gasteiger partial charge on any atom is -0.480 e. The zero-order chi connectivity index (χ0) is 15.8. The molecule has 0 aromatic carbocycles. The van der Waals surface area contributed by atoms with E-state index >= 15 is 0 Å². The number of hydrogen-bond donors (Lipinski definition) is 1. The Balaban J connectivity index is 2.88. The lowest BCUT2D eigenvalue weighted by Gasteiger charge is -2.41. The topological polar surface area (TPSA) is 63.6 Å². The predicted octanol–water partition coefficient (Wildman–Crippen LogP) is 3.64. The largest absolute Gasteiger partial charge is 0.480 e. The lowest BCUT2D eigenvalue weighted by Crippen LogP contribution is -2.47. The fraction of sp³-hybridized carbons (Fsp3) is 0.875. The highest BCUT2D eigenvalue weighted by molar-refractivity contribution is 5.99. The van der Waals surface area contributed by atoms with E-state index in [1.807, 2.05) is 0 Å². The second-order valence-electron chi connectivity index (χ2n) is 8.03. The molecule has 0 unspecified atom stereocenters. The molecule has 0 spiro atoms. The minimum atomic E-state index is -1.35. The molecule has 0 atom stereocenters. The van der Waals surface area contributed by atoms with Gasteiger partial charge in [-0.2, -0.15) is 0 Å². The third-order valence-electron chi connectivity index (χ3n) is 4.26. The van der Waals surface area contributed by atoms with Crippen molar-refractivity contribution in [2.24, 2.45) is 16.7 Å². The molecule has 0 radical (unpaired) electrons. The molecule has 0 amide bonds. The van der Waals surface area contributed by atoms with Crippen molar-refractivity contribution in [2.75, 3.05) is 0 Å². The molecule has 1 saturated carbocycles. The van der Waals surface area contributed by atoms with Gasteiger partial charge in [0, 0.05) is 0 Å². The van der Waals surface area contributed by atoms with Gasteiger partial charge in [-0.25, -0.2) is 0 Å². The SMILES string of the molecule is CC(C)(C)OC(=O)C1(C(=O)O)CCC(C(C)(C)C)CC1. The van der Waals surface area contributed by atoms with E-state index in [-0.39, 0.29) is 5.41 Å². The van der Waals surface area contributed by atoms with Crippen molar-refractivity contribution in [3.63, 3.8) is 0 Å². The van der Waals surface area contributed by atoms with E-state index in [1.165, 1.54) is 0 Å². The van der Waals surface area contributed by atoms with Crippen molar-refractivity contribution >= 4 is 11.9 Å². The van der Waals surface area contributed by atoms with Crippen LogP contribution in [0.5, 0.6) is 0 Å². The number of carbonyl (C=O) groups is 2. The molecule has 1 rings (SSSR count). The first kappa shape index (κ1) is 17.0. The first-order chi connectivity index (χ1) is 8.88. The third kappa shape index (κ3) is 3.74. The molecule has 0 aliphatic heterocycles. The maximum Gasteiger partial charge on any atom is 0.323 e. The van der Waals surface area contributed by atoms with Crippen LogP contribution < -0.4 is 0 Å². The quantitative estimate of drug-likeness (QED) is 0.621. The molecular weight excluding hydrogens is 256 g/mol. The molecule has 0 aromatic heterocycles. The number of carbonyl (C=O) groups excluding carboxylic acids is 1. The second kappa shape index (κ2) is 5.38. The number of esters is 1. The number of aliphatic carboxylic acids is 1. The smallest absolute Gasteiger partial charge is 0.323 e. The van der Waals surface area contributed by atoms with Crippen molar-refractivity contribution in [3.8, 4) is 0 Å². The van der Waals surface area contributed by atoms with Gasteiger partial charge in [0.15, 0.2) is 5.41 Å². The van der Waals surface area contributed by atoms with Crippen molar-refractivity contribution in [3.05, 3.63) is 0 Å². The highest BCUT2D eigenvalue weighted by atomic mass is 16.6. The lowest BCUT2D eigenvalue weighted by molar-refractivity contribution is -0.180. The molecule has 1 aliphatic rings. The number of carboxylic acids is 1. The van der Waals surface area contributed by atoms with Crippen LogP contribution in [-0.2, 0) is 14.3 Å². The molecule has 116 valence electrons. The molecule has 0 saturated heterocycles. The van der Waals surface area contributed by atoms with Gasteiger partial charge >= 0.3 is 11.9 Å². The molecule has 4 nitrogen and oxygen atoms in total. The Morgan fingerprint density at radius 3 is 1.80 bits per heavy atom. The molecule has 1 aliphatic carbocycles. The average molecular weight is 284 g/mol. The van der Waals surface area contributed by atoms with Gasteiger partial charge in [0.05, 0.1) is 0 Å². The zero-order valence-electron chi connectivity index (χ0n) is 13.6. The maximum atomic E-state index is 12.3. The van der Waals surface area contributed by atoms with E-state index in [0.717, 1.165) is 12.8 Å². The Morgan fingerprint density at radius 1 is 1.05 bits per heavy atom. The summed E-state index contributed by atoms with van der Waals surface area (Å²) < 4.78 is 5.34. The van der Waals surface area contributed by atoms with Crippen LogP contribution in [-0.4, -0.2) is 22.6 Å². The van der Waals surface area contributed by atoms with E-state index in [1.54, 1.807) is 20.8 Å².